The van der Waals surface area contributed by atoms with E-state index in [0.717, 1.165) is 32.9 Å². The van der Waals surface area contributed by atoms with Crippen LogP contribution in [0.1, 0.15) is 22.5 Å². The largest absolute Gasteiger partial charge is 0.481 e. The molecule has 1 N–H and O–H groups in total. The van der Waals surface area contributed by atoms with Crippen molar-refractivity contribution >= 4 is 44.8 Å². The van der Waals surface area contributed by atoms with Crippen molar-refractivity contribution in [2.45, 2.75) is 12.8 Å². The summed E-state index contributed by atoms with van der Waals surface area (Å²) in [5.41, 5.74) is 0.967. The van der Waals surface area contributed by atoms with E-state index in [2.05, 4.69) is 4.98 Å². The van der Waals surface area contributed by atoms with Crippen LogP contribution in [0.3, 0.4) is 0 Å². The van der Waals surface area contributed by atoms with Crippen molar-refractivity contribution in [2.75, 3.05) is 13.1 Å². The van der Waals surface area contributed by atoms with E-state index in [1.165, 1.54) is 11.3 Å². The Bertz CT molecular complexity index is 1000. The Morgan fingerprint density at radius 1 is 1.07 bits per heavy atom. The molecular weight excluding hydrogens is 380 g/mol. The molecule has 138 valence electrons. The topological polar surface area (TPSA) is 70.5 Å². The molecule has 0 unspecified atom stereocenters. The Hall–Kier alpha value is -2.25. The molecule has 2 atom stereocenters. The van der Waals surface area contributed by atoms with Crippen LogP contribution in [-0.4, -0.2) is 40.0 Å². The van der Waals surface area contributed by atoms with Crippen LogP contribution >= 0.6 is 22.7 Å². The predicted octanol–water partition coefficient (Wildman–Crippen LogP) is 4.21. The number of carbonyl (C=O) groups excluding carboxylic acids is 1. The minimum absolute atomic E-state index is 0.0539. The molecule has 5 rings (SSSR count). The molecule has 0 radical (unpaired) electrons. The van der Waals surface area contributed by atoms with Gasteiger partial charge in [0.1, 0.15) is 5.01 Å². The third kappa shape index (κ3) is 3.04. The van der Waals surface area contributed by atoms with Gasteiger partial charge in [0.2, 0.25) is 0 Å². The molecule has 7 heteroatoms. The SMILES string of the molecule is O=C(O)[C@H]1CN(C(=O)c2ccc(-c3nc4ccccc4s3)s2)C[C@@H]1C1CC1. The Kier molecular flexibility index (Phi) is 4.02. The van der Waals surface area contributed by atoms with Crippen LogP contribution in [0.15, 0.2) is 36.4 Å². The fourth-order valence-corrected chi connectivity index (χ4v) is 5.95. The zero-order valence-corrected chi connectivity index (χ0v) is 16.1. The van der Waals surface area contributed by atoms with Crippen molar-refractivity contribution < 1.29 is 14.7 Å². The molecule has 1 aliphatic heterocycles. The molecule has 0 spiro atoms. The number of thiazole rings is 1. The highest BCUT2D eigenvalue weighted by atomic mass is 32.1. The molecule has 2 aromatic heterocycles. The number of fused-ring (bicyclic) bond motifs is 1. The van der Waals surface area contributed by atoms with Crippen LogP contribution in [-0.2, 0) is 4.79 Å². The maximum atomic E-state index is 12.9. The Balaban J connectivity index is 1.37. The lowest BCUT2D eigenvalue weighted by Gasteiger charge is -2.15. The van der Waals surface area contributed by atoms with Gasteiger partial charge in [-0.2, -0.15) is 0 Å². The molecule has 1 amide bonds. The highest BCUT2D eigenvalue weighted by Crippen LogP contribution is 2.44. The Morgan fingerprint density at radius 3 is 2.63 bits per heavy atom. The van der Waals surface area contributed by atoms with Crippen molar-refractivity contribution in [1.82, 2.24) is 9.88 Å². The van der Waals surface area contributed by atoms with Crippen LogP contribution in [0, 0.1) is 17.8 Å². The van der Waals surface area contributed by atoms with Gasteiger partial charge in [-0.25, -0.2) is 4.98 Å². The number of hydrogen-bond donors (Lipinski definition) is 1. The molecular formula is C20H18N2O3S2. The van der Waals surface area contributed by atoms with Crippen molar-refractivity contribution in [3.8, 4) is 9.88 Å². The molecule has 1 aliphatic carbocycles. The monoisotopic (exact) mass is 398 g/mol. The summed E-state index contributed by atoms with van der Waals surface area (Å²) in [6, 6.07) is 11.8. The molecule has 3 aromatic rings. The molecule has 1 saturated carbocycles. The minimum Gasteiger partial charge on any atom is -0.481 e. The van der Waals surface area contributed by atoms with E-state index >= 15 is 0 Å². The maximum absolute atomic E-state index is 12.9. The summed E-state index contributed by atoms with van der Waals surface area (Å²) < 4.78 is 1.13. The van der Waals surface area contributed by atoms with E-state index in [-0.39, 0.29) is 11.8 Å². The Morgan fingerprint density at radius 2 is 1.89 bits per heavy atom. The smallest absolute Gasteiger partial charge is 0.308 e. The molecule has 5 nitrogen and oxygen atoms in total. The number of para-hydroxylation sites is 1. The van der Waals surface area contributed by atoms with Gasteiger partial charge in [0.05, 0.1) is 25.9 Å². The van der Waals surface area contributed by atoms with Crippen LogP contribution < -0.4 is 0 Å². The quantitative estimate of drug-likeness (QED) is 0.715. The number of benzene rings is 1. The van der Waals surface area contributed by atoms with Gasteiger partial charge >= 0.3 is 5.97 Å². The number of hydrogen-bond acceptors (Lipinski definition) is 5. The number of carboxylic acids is 1. The normalized spacial score (nSPS) is 22.4. The standard InChI is InChI=1S/C20H18N2O3S2/c23-19(22-9-12(11-5-6-11)13(10-22)20(24)25)17-8-7-16(26-17)18-21-14-3-1-2-4-15(14)27-18/h1-4,7-8,11-13H,5-6,9-10H2,(H,24,25)/t12-,13+/m1/s1. The number of carboxylic acid groups (broad SMARTS) is 1. The molecule has 1 saturated heterocycles. The second-order valence-electron chi connectivity index (χ2n) is 7.31. The number of nitrogens with zero attached hydrogens (tertiary/aromatic N) is 2. The predicted molar refractivity (Wildman–Crippen MR) is 106 cm³/mol. The highest BCUT2D eigenvalue weighted by Gasteiger charge is 2.47. The first-order chi connectivity index (χ1) is 13.1. The average Bonchev–Trinajstić information content (AvgIpc) is 3.12. The van der Waals surface area contributed by atoms with E-state index in [1.807, 2.05) is 36.4 Å². The number of aliphatic carboxylic acids is 1. The summed E-state index contributed by atoms with van der Waals surface area (Å²) in [6.45, 7) is 0.887. The first kappa shape index (κ1) is 16.9. The van der Waals surface area contributed by atoms with Gasteiger partial charge in [0.15, 0.2) is 0 Å². The number of aromatic nitrogens is 1. The van der Waals surface area contributed by atoms with Crippen LogP contribution in [0.2, 0.25) is 0 Å². The zero-order valence-electron chi connectivity index (χ0n) is 14.5. The van der Waals surface area contributed by atoms with Crippen LogP contribution in [0.5, 0.6) is 0 Å². The summed E-state index contributed by atoms with van der Waals surface area (Å²) in [6.07, 6.45) is 2.19. The van der Waals surface area contributed by atoms with E-state index in [4.69, 9.17) is 0 Å². The van der Waals surface area contributed by atoms with Crippen molar-refractivity contribution in [2.24, 2.45) is 17.8 Å². The fourth-order valence-electron chi connectivity index (χ4n) is 3.96. The summed E-state index contributed by atoms with van der Waals surface area (Å²) in [4.78, 5) is 32.6. The molecule has 1 aromatic carbocycles. The summed E-state index contributed by atoms with van der Waals surface area (Å²) >= 11 is 3.06. The third-order valence-corrected chi connectivity index (χ3v) is 7.80. The second-order valence-corrected chi connectivity index (χ2v) is 9.42. The van der Waals surface area contributed by atoms with Gasteiger partial charge in [-0.3, -0.25) is 9.59 Å². The second kappa shape index (κ2) is 6.42. The van der Waals surface area contributed by atoms with E-state index in [1.54, 1.807) is 16.2 Å². The minimum atomic E-state index is -0.774. The molecule has 0 bridgehead atoms. The van der Waals surface area contributed by atoms with Gasteiger partial charge in [-0.15, -0.1) is 22.7 Å². The number of likely N-dealkylation sites (tertiary alicyclic amines) is 1. The fraction of sp³-hybridized carbons (Fsp3) is 0.350. The van der Waals surface area contributed by atoms with Gasteiger partial charge in [-0.1, -0.05) is 12.1 Å². The summed E-state index contributed by atoms with van der Waals surface area (Å²) in [5, 5.41) is 10.4. The lowest BCUT2D eigenvalue weighted by atomic mass is 9.92. The third-order valence-electron chi connectivity index (χ3n) is 5.52. The van der Waals surface area contributed by atoms with Gasteiger partial charge in [0, 0.05) is 13.1 Å². The van der Waals surface area contributed by atoms with Gasteiger partial charge in [-0.05, 0) is 48.9 Å². The van der Waals surface area contributed by atoms with E-state index in [9.17, 15) is 14.7 Å². The molecule has 2 fully saturated rings. The van der Waals surface area contributed by atoms with Crippen LogP contribution in [0.25, 0.3) is 20.1 Å². The zero-order chi connectivity index (χ0) is 18.5. The lowest BCUT2D eigenvalue weighted by Crippen LogP contribution is -2.29. The van der Waals surface area contributed by atoms with Crippen molar-refractivity contribution in [1.29, 1.82) is 0 Å². The van der Waals surface area contributed by atoms with Gasteiger partial charge in [0.25, 0.3) is 5.91 Å². The summed E-state index contributed by atoms with van der Waals surface area (Å²) in [7, 11) is 0. The highest BCUT2D eigenvalue weighted by molar-refractivity contribution is 7.26. The first-order valence-electron chi connectivity index (χ1n) is 9.08. The lowest BCUT2D eigenvalue weighted by molar-refractivity contribution is -0.142. The van der Waals surface area contributed by atoms with E-state index in [0.29, 0.717) is 23.9 Å². The molecule has 2 aliphatic rings. The van der Waals surface area contributed by atoms with Crippen molar-refractivity contribution in [3.05, 3.63) is 41.3 Å². The number of amides is 1. The average molecular weight is 399 g/mol. The number of rotatable bonds is 4. The maximum Gasteiger partial charge on any atom is 0.308 e. The summed E-state index contributed by atoms with van der Waals surface area (Å²) in [5.74, 6) is -0.670. The number of thiophene rings is 1. The molecule has 27 heavy (non-hydrogen) atoms. The van der Waals surface area contributed by atoms with Crippen LogP contribution in [0.4, 0.5) is 0 Å². The molecule has 3 heterocycles. The van der Waals surface area contributed by atoms with Crippen molar-refractivity contribution in [3.63, 3.8) is 0 Å². The number of carbonyl (C=O) groups is 2. The van der Waals surface area contributed by atoms with Gasteiger partial charge < -0.3 is 10.0 Å². The first-order valence-corrected chi connectivity index (χ1v) is 10.7. The van der Waals surface area contributed by atoms with E-state index < -0.39 is 11.9 Å². The Labute approximate surface area is 164 Å².